The molecule has 1 aliphatic rings. The van der Waals surface area contributed by atoms with Gasteiger partial charge in [-0.25, -0.2) is 0 Å². The lowest BCUT2D eigenvalue weighted by Gasteiger charge is -2.34. The van der Waals surface area contributed by atoms with Crippen LogP contribution >= 0.6 is 0 Å². The summed E-state index contributed by atoms with van der Waals surface area (Å²) in [6.07, 6.45) is 1.83. The van der Waals surface area contributed by atoms with E-state index in [0.29, 0.717) is 32.9 Å². The molecule has 1 saturated heterocycles. The molecule has 150 valence electrons. The minimum absolute atomic E-state index is 0.0826. The third kappa shape index (κ3) is 6.75. The van der Waals surface area contributed by atoms with Crippen LogP contribution in [0.5, 0.6) is 5.75 Å². The summed E-state index contributed by atoms with van der Waals surface area (Å²) in [6.45, 7) is 5.57. The molecule has 1 N–H and O–H groups in total. The smallest absolute Gasteiger partial charge is 0.310 e. The maximum Gasteiger partial charge on any atom is 0.310 e. The fourth-order valence-corrected chi connectivity index (χ4v) is 3.08. The lowest BCUT2D eigenvalue weighted by Crippen LogP contribution is -2.48. The van der Waals surface area contributed by atoms with Crippen molar-refractivity contribution in [1.82, 2.24) is 10.2 Å². The topological polar surface area (TPSA) is 72.4 Å². The van der Waals surface area contributed by atoms with Crippen LogP contribution in [-0.2, 0) is 20.8 Å². The lowest BCUT2D eigenvalue weighted by atomic mass is 9.98. The molecule has 0 aliphatic carbocycles. The Morgan fingerprint density at radius 1 is 1.30 bits per heavy atom. The number of piperidine rings is 1. The second-order valence-corrected chi connectivity index (χ2v) is 6.42. The number of aliphatic imine (C=N–C) groups is 1. The number of ether oxygens (including phenoxy) is 3. The molecule has 1 aromatic carbocycles. The molecule has 7 nitrogen and oxygen atoms in total. The number of likely N-dealkylation sites (tertiary alicyclic amines) is 1. The van der Waals surface area contributed by atoms with Gasteiger partial charge in [0.15, 0.2) is 5.96 Å². The second-order valence-electron chi connectivity index (χ2n) is 6.42. The van der Waals surface area contributed by atoms with Gasteiger partial charge in [0, 0.05) is 33.8 Å². The third-order valence-electron chi connectivity index (χ3n) is 4.48. The third-order valence-corrected chi connectivity index (χ3v) is 4.48. The van der Waals surface area contributed by atoms with E-state index in [9.17, 15) is 4.79 Å². The predicted molar refractivity (Wildman–Crippen MR) is 105 cm³/mol. The van der Waals surface area contributed by atoms with Gasteiger partial charge >= 0.3 is 5.97 Å². The summed E-state index contributed by atoms with van der Waals surface area (Å²) in [6, 6.07) is 7.96. The first-order valence-electron chi connectivity index (χ1n) is 9.50. The van der Waals surface area contributed by atoms with Gasteiger partial charge in [-0.05, 0) is 37.5 Å². The molecule has 1 atom stereocenters. The van der Waals surface area contributed by atoms with Gasteiger partial charge in [0.25, 0.3) is 0 Å². The van der Waals surface area contributed by atoms with Crippen molar-refractivity contribution in [2.45, 2.75) is 26.3 Å². The van der Waals surface area contributed by atoms with Crippen molar-refractivity contribution in [2.75, 3.05) is 47.1 Å². The average molecular weight is 377 g/mol. The Labute approximate surface area is 161 Å². The molecular formula is C20H31N3O4. The number of carbonyl (C=O) groups excluding carboxylic acids is 1. The van der Waals surface area contributed by atoms with Gasteiger partial charge < -0.3 is 24.4 Å². The molecule has 0 aromatic heterocycles. The van der Waals surface area contributed by atoms with Gasteiger partial charge in [0.05, 0.1) is 19.1 Å². The normalized spacial score (nSPS) is 17.5. The van der Waals surface area contributed by atoms with Gasteiger partial charge in [0.2, 0.25) is 0 Å². The number of hydrogen-bond donors (Lipinski definition) is 1. The number of methoxy groups -OCH3 is 1. The summed E-state index contributed by atoms with van der Waals surface area (Å²) < 4.78 is 15.7. The Kier molecular flexibility index (Phi) is 8.91. The van der Waals surface area contributed by atoms with E-state index >= 15 is 0 Å². The number of nitrogens with zero attached hydrogens (tertiary/aromatic N) is 2. The first kappa shape index (κ1) is 21.0. The fourth-order valence-electron chi connectivity index (χ4n) is 3.08. The number of carbonyl (C=O) groups is 1. The number of benzene rings is 1. The van der Waals surface area contributed by atoms with E-state index < -0.39 is 0 Å². The lowest BCUT2D eigenvalue weighted by molar-refractivity contribution is -0.149. The molecule has 1 aliphatic heterocycles. The number of hydrogen-bond acceptors (Lipinski definition) is 5. The summed E-state index contributed by atoms with van der Waals surface area (Å²) in [7, 11) is 3.42. The number of esters is 1. The molecule has 27 heavy (non-hydrogen) atoms. The SMILES string of the molecule is CCOC(=O)C1CCCN(C(=NC)NCc2ccc(OCCOC)cc2)C1. The zero-order chi connectivity index (χ0) is 19.5. The van der Waals surface area contributed by atoms with Crippen molar-refractivity contribution >= 4 is 11.9 Å². The highest BCUT2D eigenvalue weighted by molar-refractivity contribution is 5.81. The van der Waals surface area contributed by atoms with Crippen molar-refractivity contribution in [2.24, 2.45) is 10.9 Å². The van der Waals surface area contributed by atoms with E-state index in [-0.39, 0.29) is 11.9 Å². The highest BCUT2D eigenvalue weighted by Crippen LogP contribution is 2.18. The van der Waals surface area contributed by atoms with Crippen LogP contribution in [0.15, 0.2) is 29.3 Å². The molecule has 1 fully saturated rings. The van der Waals surface area contributed by atoms with Crippen LogP contribution in [0.2, 0.25) is 0 Å². The van der Waals surface area contributed by atoms with E-state index in [2.05, 4.69) is 15.2 Å². The minimum atomic E-state index is -0.110. The monoisotopic (exact) mass is 377 g/mol. The number of guanidine groups is 1. The highest BCUT2D eigenvalue weighted by atomic mass is 16.5. The second kappa shape index (κ2) is 11.4. The molecule has 0 saturated carbocycles. The molecular weight excluding hydrogens is 346 g/mol. The first-order valence-corrected chi connectivity index (χ1v) is 9.50. The first-order chi connectivity index (χ1) is 13.2. The van der Waals surface area contributed by atoms with Crippen LogP contribution < -0.4 is 10.1 Å². The number of nitrogens with one attached hydrogen (secondary N) is 1. The van der Waals surface area contributed by atoms with Crippen LogP contribution in [-0.4, -0.2) is 63.9 Å². The summed E-state index contributed by atoms with van der Waals surface area (Å²) >= 11 is 0. The quantitative estimate of drug-likeness (QED) is 0.324. The maximum absolute atomic E-state index is 12.0. The van der Waals surface area contributed by atoms with Crippen LogP contribution in [0.25, 0.3) is 0 Å². The number of rotatable bonds is 8. The van der Waals surface area contributed by atoms with E-state index in [0.717, 1.165) is 36.7 Å². The van der Waals surface area contributed by atoms with Crippen LogP contribution in [0.4, 0.5) is 0 Å². The summed E-state index contributed by atoms with van der Waals surface area (Å²) in [4.78, 5) is 18.5. The van der Waals surface area contributed by atoms with E-state index in [1.165, 1.54) is 0 Å². The zero-order valence-corrected chi connectivity index (χ0v) is 16.6. The van der Waals surface area contributed by atoms with Crippen molar-refractivity contribution < 1.29 is 19.0 Å². The molecule has 1 unspecified atom stereocenters. The van der Waals surface area contributed by atoms with Crippen LogP contribution in [0, 0.1) is 5.92 Å². The van der Waals surface area contributed by atoms with Crippen molar-refractivity contribution in [3.8, 4) is 5.75 Å². The van der Waals surface area contributed by atoms with Crippen LogP contribution in [0.1, 0.15) is 25.3 Å². The molecule has 0 spiro atoms. The van der Waals surface area contributed by atoms with Crippen molar-refractivity contribution in [3.63, 3.8) is 0 Å². The van der Waals surface area contributed by atoms with Gasteiger partial charge in [0.1, 0.15) is 12.4 Å². The predicted octanol–water partition coefficient (Wildman–Crippen LogP) is 2.06. The highest BCUT2D eigenvalue weighted by Gasteiger charge is 2.28. The Bertz CT molecular complexity index is 604. The van der Waals surface area contributed by atoms with Crippen molar-refractivity contribution in [3.05, 3.63) is 29.8 Å². The van der Waals surface area contributed by atoms with E-state index in [4.69, 9.17) is 14.2 Å². The van der Waals surface area contributed by atoms with Gasteiger partial charge in [-0.15, -0.1) is 0 Å². The van der Waals surface area contributed by atoms with E-state index in [1.54, 1.807) is 14.2 Å². The molecule has 1 heterocycles. The molecule has 7 heteroatoms. The zero-order valence-electron chi connectivity index (χ0n) is 16.6. The van der Waals surface area contributed by atoms with Crippen LogP contribution in [0.3, 0.4) is 0 Å². The standard InChI is InChI=1S/C20H31N3O4/c1-4-26-19(24)17-6-5-11-23(15-17)20(21-2)22-14-16-7-9-18(10-8-16)27-13-12-25-3/h7-10,17H,4-6,11-15H2,1-3H3,(H,21,22). The molecule has 2 rings (SSSR count). The Morgan fingerprint density at radius 2 is 2.07 bits per heavy atom. The molecule has 0 radical (unpaired) electrons. The summed E-state index contributed by atoms with van der Waals surface area (Å²) in [5.74, 6) is 1.44. The fraction of sp³-hybridized carbons (Fsp3) is 0.600. The van der Waals surface area contributed by atoms with Crippen molar-refractivity contribution in [1.29, 1.82) is 0 Å². The van der Waals surface area contributed by atoms with E-state index in [1.807, 2.05) is 31.2 Å². The van der Waals surface area contributed by atoms with Gasteiger partial charge in [-0.2, -0.15) is 0 Å². The van der Waals surface area contributed by atoms with Gasteiger partial charge in [-0.1, -0.05) is 12.1 Å². The Hall–Kier alpha value is -2.28. The average Bonchev–Trinajstić information content (AvgIpc) is 2.70. The summed E-state index contributed by atoms with van der Waals surface area (Å²) in [5.41, 5.74) is 1.13. The minimum Gasteiger partial charge on any atom is -0.491 e. The summed E-state index contributed by atoms with van der Waals surface area (Å²) in [5, 5.41) is 3.38. The Balaban J connectivity index is 1.85. The van der Waals surface area contributed by atoms with Gasteiger partial charge in [-0.3, -0.25) is 9.79 Å². The molecule has 0 bridgehead atoms. The largest absolute Gasteiger partial charge is 0.491 e. The molecule has 1 aromatic rings. The Morgan fingerprint density at radius 3 is 2.74 bits per heavy atom. The molecule has 0 amide bonds. The maximum atomic E-state index is 12.0.